The van der Waals surface area contributed by atoms with Gasteiger partial charge in [-0.15, -0.1) is 11.8 Å². The van der Waals surface area contributed by atoms with Crippen LogP contribution in [0.25, 0.3) is 0 Å². The van der Waals surface area contributed by atoms with Crippen LogP contribution in [0.2, 0.25) is 0 Å². The number of aromatic nitrogens is 1. The van der Waals surface area contributed by atoms with Crippen LogP contribution in [0, 0.1) is 10.1 Å². The number of rotatable bonds is 3. The highest BCUT2D eigenvalue weighted by Gasteiger charge is 2.14. The number of nitro groups is 1. The van der Waals surface area contributed by atoms with E-state index in [1.807, 2.05) is 0 Å². The van der Waals surface area contributed by atoms with Crippen LogP contribution in [0.4, 0.5) is 5.69 Å². The summed E-state index contributed by atoms with van der Waals surface area (Å²) in [5.74, 6) is -0.217. The van der Waals surface area contributed by atoms with Gasteiger partial charge in [-0.1, -0.05) is 0 Å². The number of hydrogen-bond donors (Lipinski definition) is 0. The minimum absolute atomic E-state index is 0.159. The molecule has 0 N–H and O–H groups in total. The number of thioether (sulfide) groups is 1. The molecule has 6 heteroatoms. The highest BCUT2D eigenvalue weighted by molar-refractivity contribution is 7.98. The van der Waals surface area contributed by atoms with E-state index in [0.717, 1.165) is 6.20 Å². The fraction of sp³-hybridized carbons (Fsp3) is 0.250. The van der Waals surface area contributed by atoms with Crippen molar-refractivity contribution in [1.82, 2.24) is 4.98 Å². The van der Waals surface area contributed by atoms with Gasteiger partial charge >= 0.3 is 0 Å². The molecular weight excluding hydrogens is 204 g/mol. The maximum Gasteiger partial charge on any atom is 0.288 e. The molecule has 5 nitrogen and oxygen atoms in total. The summed E-state index contributed by atoms with van der Waals surface area (Å²) in [5, 5.41) is 10.9. The summed E-state index contributed by atoms with van der Waals surface area (Å²) in [4.78, 5) is 24.8. The molecule has 0 saturated carbocycles. The number of nitrogens with zero attached hydrogens (tertiary/aromatic N) is 2. The van der Waals surface area contributed by atoms with Crippen molar-refractivity contribution in [2.45, 2.75) is 11.9 Å². The van der Waals surface area contributed by atoms with E-state index in [0.29, 0.717) is 10.6 Å². The molecule has 0 aromatic carbocycles. The third kappa shape index (κ3) is 2.08. The van der Waals surface area contributed by atoms with Crippen LogP contribution in [-0.4, -0.2) is 21.9 Å². The Morgan fingerprint density at radius 3 is 2.71 bits per heavy atom. The van der Waals surface area contributed by atoms with Crippen LogP contribution in [0.5, 0.6) is 0 Å². The number of ketones is 1. The van der Waals surface area contributed by atoms with Crippen LogP contribution >= 0.6 is 11.8 Å². The van der Waals surface area contributed by atoms with Crippen molar-refractivity contribution >= 4 is 23.2 Å². The lowest BCUT2D eigenvalue weighted by Crippen LogP contribution is -2.00. The molecule has 0 spiro atoms. The molecule has 1 aromatic heterocycles. The van der Waals surface area contributed by atoms with Crippen LogP contribution in [0.3, 0.4) is 0 Å². The molecule has 0 aliphatic rings. The highest BCUT2D eigenvalue weighted by Crippen LogP contribution is 2.22. The molecule has 0 aliphatic carbocycles. The molecule has 0 saturated heterocycles. The molecule has 1 heterocycles. The second-order valence-corrected chi connectivity index (χ2v) is 3.36. The van der Waals surface area contributed by atoms with Crippen molar-refractivity contribution in [1.29, 1.82) is 0 Å². The van der Waals surface area contributed by atoms with Crippen molar-refractivity contribution in [2.24, 2.45) is 0 Å². The van der Waals surface area contributed by atoms with Gasteiger partial charge in [0.05, 0.1) is 10.5 Å². The van der Waals surface area contributed by atoms with Crippen molar-refractivity contribution in [3.63, 3.8) is 0 Å². The van der Waals surface area contributed by atoms with Crippen molar-refractivity contribution in [2.75, 3.05) is 6.26 Å². The van der Waals surface area contributed by atoms with E-state index in [4.69, 9.17) is 0 Å². The van der Waals surface area contributed by atoms with Crippen LogP contribution in [0.1, 0.15) is 17.3 Å². The number of hydrogen-bond acceptors (Lipinski definition) is 5. The van der Waals surface area contributed by atoms with E-state index in [1.54, 1.807) is 6.26 Å². The highest BCUT2D eigenvalue weighted by atomic mass is 32.2. The Morgan fingerprint density at radius 2 is 2.29 bits per heavy atom. The average molecular weight is 212 g/mol. The van der Waals surface area contributed by atoms with Gasteiger partial charge in [0.25, 0.3) is 5.69 Å². The molecule has 0 atom stereocenters. The first-order valence-electron chi connectivity index (χ1n) is 3.75. The van der Waals surface area contributed by atoms with E-state index in [-0.39, 0.29) is 11.5 Å². The summed E-state index contributed by atoms with van der Waals surface area (Å²) < 4.78 is 0. The summed E-state index contributed by atoms with van der Waals surface area (Å²) in [6.45, 7) is 1.36. The lowest BCUT2D eigenvalue weighted by Gasteiger charge is -2.01. The molecule has 0 unspecified atom stereocenters. The maximum absolute atomic E-state index is 11.1. The van der Waals surface area contributed by atoms with E-state index < -0.39 is 4.92 Å². The van der Waals surface area contributed by atoms with Crippen LogP contribution in [0.15, 0.2) is 17.3 Å². The molecule has 0 aliphatic heterocycles. The summed E-state index contributed by atoms with van der Waals surface area (Å²) in [7, 11) is 0. The zero-order chi connectivity index (χ0) is 10.7. The summed E-state index contributed by atoms with van der Waals surface area (Å²) >= 11 is 1.29. The molecule has 1 rings (SSSR count). The van der Waals surface area contributed by atoms with E-state index in [1.165, 1.54) is 24.8 Å². The predicted molar refractivity (Wildman–Crippen MR) is 52.7 cm³/mol. The summed E-state index contributed by atoms with van der Waals surface area (Å²) in [5.41, 5.74) is 0.139. The summed E-state index contributed by atoms with van der Waals surface area (Å²) in [6, 6.07) is 1.25. The van der Waals surface area contributed by atoms with Gasteiger partial charge in [0.2, 0.25) is 0 Å². The minimum Gasteiger partial charge on any atom is -0.294 e. The molecular formula is C8H8N2O3S. The van der Waals surface area contributed by atoms with Gasteiger partial charge in [0.15, 0.2) is 5.78 Å². The van der Waals surface area contributed by atoms with Gasteiger partial charge in [0.1, 0.15) is 11.2 Å². The molecule has 74 valence electrons. The second-order valence-electron chi connectivity index (χ2n) is 2.56. The molecule has 0 bridgehead atoms. The number of carbonyl (C=O) groups excluding carboxylic acids is 1. The largest absolute Gasteiger partial charge is 0.294 e. The van der Waals surface area contributed by atoms with Gasteiger partial charge in [-0.3, -0.25) is 14.9 Å². The molecule has 0 amide bonds. The fourth-order valence-electron chi connectivity index (χ4n) is 0.956. The molecule has 0 fully saturated rings. The van der Waals surface area contributed by atoms with Crippen molar-refractivity contribution in [3.8, 4) is 0 Å². The van der Waals surface area contributed by atoms with Crippen LogP contribution in [-0.2, 0) is 0 Å². The maximum atomic E-state index is 11.1. The normalized spacial score (nSPS) is 9.86. The van der Waals surface area contributed by atoms with Gasteiger partial charge in [-0.25, -0.2) is 4.98 Å². The molecule has 1 aromatic rings. The van der Waals surface area contributed by atoms with Crippen LogP contribution < -0.4 is 0 Å². The SMILES string of the molecule is CSc1ncc([N+](=O)[O-])cc1C(C)=O. The average Bonchev–Trinajstić information content (AvgIpc) is 2.16. The van der Waals surface area contributed by atoms with E-state index in [9.17, 15) is 14.9 Å². The Labute approximate surface area is 84.7 Å². The van der Waals surface area contributed by atoms with Gasteiger partial charge < -0.3 is 0 Å². The van der Waals surface area contributed by atoms with Gasteiger partial charge in [-0.05, 0) is 13.2 Å². The number of Topliss-reactive ketones (excluding diaryl/α,β-unsaturated/α-hetero) is 1. The third-order valence-electron chi connectivity index (χ3n) is 1.62. The Morgan fingerprint density at radius 1 is 1.64 bits per heavy atom. The standard InChI is InChI=1S/C8H8N2O3S/c1-5(11)7-3-6(10(12)13)4-9-8(7)14-2/h3-4H,1-2H3. The zero-order valence-electron chi connectivity index (χ0n) is 7.68. The molecule has 0 radical (unpaired) electrons. The Balaban J connectivity index is 3.27. The van der Waals surface area contributed by atoms with Crippen molar-refractivity contribution in [3.05, 3.63) is 27.9 Å². The minimum atomic E-state index is -0.566. The Bertz CT molecular complexity index is 392. The van der Waals surface area contributed by atoms with E-state index in [2.05, 4.69) is 4.98 Å². The quantitative estimate of drug-likeness (QED) is 0.331. The Kier molecular flexibility index (Phi) is 3.19. The monoisotopic (exact) mass is 212 g/mol. The third-order valence-corrected chi connectivity index (χ3v) is 2.33. The van der Waals surface area contributed by atoms with Gasteiger partial charge in [-0.2, -0.15) is 0 Å². The first-order chi connectivity index (χ1) is 6.56. The molecule has 14 heavy (non-hydrogen) atoms. The number of pyridine rings is 1. The number of carbonyl (C=O) groups is 1. The predicted octanol–water partition coefficient (Wildman–Crippen LogP) is 1.91. The smallest absolute Gasteiger partial charge is 0.288 e. The van der Waals surface area contributed by atoms with Crippen molar-refractivity contribution < 1.29 is 9.72 Å². The zero-order valence-corrected chi connectivity index (χ0v) is 8.50. The fourth-order valence-corrected chi connectivity index (χ4v) is 1.54. The Hall–Kier alpha value is -1.43. The summed E-state index contributed by atoms with van der Waals surface area (Å²) in [6.07, 6.45) is 2.92. The van der Waals surface area contributed by atoms with Gasteiger partial charge in [0, 0.05) is 6.07 Å². The lowest BCUT2D eigenvalue weighted by molar-refractivity contribution is -0.385. The van der Waals surface area contributed by atoms with E-state index >= 15 is 0 Å². The first kappa shape index (κ1) is 10.6. The first-order valence-corrected chi connectivity index (χ1v) is 4.98. The topological polar surface area (TPSA) is 73.1 Å². The lowest BCUT2D eigenvalue weighted by atomic mass is 10.2. The second kappa shape index (κ2) is 4.19.